The van der Waals surface area contributed by atoms with Crippen LogP contribution in [0.2, 0.25) is 0 Å². The van der Waals surface area contributed by atoms with Crippen LogP contribution in [0.25, 0.3) is 11.0 Å². The molecule has 2 N–H and O–H groups in total. The van der Waals surface area contributed by atoms with Gasteiger partial charge in [-0.1, -0.05) is 12.5 Å². The SMILES string of the molecule is C=CC(=O)N1CC[C@H](n2cc(C(N)=O)c(C#Cc3c(F)cc4c(ncn4CC)c3F)n2)C1. The number of carbonyl (C=O) groups is 2. The molecule has 1 aromatic carbocycles. The molecule has 0 radical (unpaired) electrons. The molecular weight excluding hydrogens is 418 g/mol. The molecule has 10 heteroatoms. The van der Waals surface area contributed by atoms with Crippen LogP contribution < -0.4 is 5.73 Å². The highest BCUT2D eigenvalue weighted by molar-refractivity contribution is 5.94. The van der Waals surface area contributed by atoms with Crippen LogP contribution in [-0.4, -0.2) is 49.1 Å². The summed E-state index contributed by atoms with van der Waals surface area (Å²) in [5, 5.41) is 4.30. The average Bonchev–Trinajstić information content (AvgIpc) is 3.50. The monoisotopic (exact) mass is 438 g/mol. The third-order valence-corrected chi connectivity index (χ3v) is 5.48. The van der Waals surface area contributed by atoms with Gasteiger partial charge >= 0.3 is 0 Å². The van der Waals surface area contributed by atoms with Crippen molar-refractivity contribution < 1.29 is 18.4 Å². The zero-order valence-corrected chi connectivity index (χ0v) is 17.3. The van der Waals surface area contributed by atoms with Gasteiger partial charge in [0.15, 0.2) is 5.82 Å². The van der Waals surface area contributed by atoms with E-state index in [1.54, 1.807) is 9.47 Å². The fourth-order valence-electron chi connectivity index (χ4n) is 3.75. The number of hydrogen-bond donors (Lipinski definition) is 1. The van der Waals surface area contributed by atoms with Gasteiger partial charge in [-0.3, -0.25) is 14.3 Å². The molecule has 1 aliphatic rings. The number of carbonyl (C=O) groups excluding carboxylic acids is 2. The van der Waals surface area contributed by atoms with Crippen LogP contribution in [0.15, 0.2) is 31.2 Å². The molecule has 2 aromatic heterocycles. The van der Waals surface area contributed by atoms with Gasteiger partial charge in [0, 0.05) is 31.9 Å². The Morgan fingerprint density at radius 2 is 2.16 bits per heavy atom. The van der Waals surface area contributed by atoms with Gasteiger partial charge in [0.25, 0.3) is 5.91 Å². The zero-order valence-electron chi connectivity index (χ0n) is 17.3. The Labute approximate surface area is 182 Å². The average molecular weight is 438 g/mol. The molecule has 32 heavy (non-hydrogen) atoms. The summed E-state index contributed by atoms with van der Waals surface area (Å²) in [4.78, 5) is 29.3. The molecule has 164 valence electrons. The van der Waals surface area contributed by atoms with E-state index in [2.05, 4.69) is 28.5 Å². The number of primary amides is 1. The summed E-state index contributed by atoms with van der Waals surface area (Å²) in [5.41, 5.74) is 5.35. The molecule has 1 aliphatic heterocycles. The van der Waals surface area contributed by atoms with E-state index in [-0.39, 0.29) is 28.7 Å². The van der Waals surface area contributed by atoms with E-state index in [0.717, 1.165) is 0 Å². The van der Waals surface area contributed by atoms with Gasteiger partial charge in [-0.15, -0.1) is 0 Å². The molecule has 4 rings (SSSR count). The van der Waals surface area contributed by atoms with E-state index in [1.165, 1.54) is 29.3 Å². The Bertz CT molecular complexity index is 1310. The van der Waals surface area contributed by atoms with E-state index >= 15 is 0 Å². The van der Waals surface area contributed by atoms with E-state index in [1.807, 2.05) is 6.92 Å². The summed E-state index contributed by atoms with van der Waals surface area (Å²) in [5.74, 6) is 2.33. The molecule has 0 aliphatic carbocycles. The first-order chi connectivity index (χ1) is 15.3. The second kappa shape index (κ2) is 8.26. The van der Waals surface area contributed by atoms with Crippen molar-refractivity contribution >= 4 is 22.8 Å². The van der Waals surface area contributed by atoms with Crippen molar-refractivity contribution in [3.8, 4) is 11.8 Å². The van der Waals surface area contributed by atoms with E-state index in [0.29, 0.717) is 31.6 Å². The predicted molar refractivity (Wildman–Crippen MR) is 112 cm³/mol. The Kier molecular flexibility index (Phi) is 5.48. The summed E-state index contributed by atoms with van der Waals surface area (Å²) in [6.07, 6.45) is 4.73. The normalized spacial score (nSPS) is 15.6. The minimum Gasteiger partial charge on any atom is -0.365 e. The lowest BCUT2D eigenvalue weighted by molar-refractivity contribution is -0.125. The lowest BCUT2D eigenvalue weighted by Gasteiger charge is -2.14. The van der Waals surface area contributed by atoms with Gasteiger partial charge in [-0.25, -0.2) is 13.8 Å². The molecular formula is C22H20F2N6O2. The standard InChI is InChI=1S/C22H20F2N6O2/c1-3-19(31)29-8-7-13(10-29)30-11-15(22(25)32)17(27-30)6-5-14-16(23)9-18-21(20(14)24)26-12-28(18)4-2/h3,9,11-13H,1,4,7-8,10H2,2H3,(H2,25,32)/t13-/m0/s1. The van der Waals surface area contributed by atoms with Crippen LogP contribution in [0, 0.1) is 23.5 Å². The second-order valence-electron chi connectivity index (χ2n) is 7.36. The van der Waals surface area contributed by atoms with Gasteiger partial charge < -0.3 is 15.2 Å². The quantitative estimate of drug-likeness (QED) is 0.497. The third kappa shape index (κ3) is 3.62. The molecule has 0 unspecified atom stereocenters. The van der Waals surface area contributed by atoms with Gasteiger partial charge in [0.05, 0.1) is 29.0 Å². The highest BCUT2D eigenvalue weighted by Gasteiger charge is 2.28. The number of nitrogens with zero attached hydrogens (tertiary/aromatic N) is 5. The maximum Gasteiger partial charge on any atom is 0.253 e. The second-order valence-corrected chi connectivity index (χ2v) is 7.36. The van der Waals surface area contributed by atoms with Crippen LogP contribution in [0.5, 0.6) is 0 Å². The molecule has 1 fully saturated rings. The van der Waals surface area contributed by atoms with E-state index in [9.17, 15) is 18.4 Å². The van der Waals surface area contributed by atoms with Crippen LogP contribution in [-0.2, 0) is 11.3 Å². The number of rotatable bonds is 4. The Balaban J connectivity index is 1.70. The molecule has 1 atom stereocenters. The Morgan fingerprint density at radius 1 is 1.38 bits per heavy atom. The maximum atomic E-state index is 14.9. The number of nitrogens with two attached hydrogens (primary N) is 1. The third-order valence-electron chi connectivity index (χ3n) is 5.48. The number of likely N-dealkylation sites (tertiary alicyclic amines) is 1. The first kappa shape index (κ1) is 21.2. The van der Waals surface area contributed by atoms with Crippen LogP contribution in [0.4, 0.5) is 8.78 Å². The van der Waals surface area contributed by atoms with Crippen molar-refractivity contribution in [3.05, 3.63) is 59.7 Å². The minimum absolute atomic E-state index is 0.00369. The summed E-state index contributed by atoms with van der Waals surface area (Å²) in [7, 11) is 0. The van der Waals surface area contributed by atoms with Crippen molar-refractivity contribution in [3.63, 3.8) is 0 Å². The highest BCUT2D eigenvalue weighted by Crippen LogP contribution is 2.24. The fourth-order valence-corrected chi connectivity index (χ4v) is 3.75. The first-order valence-corrected chi connectivity index (χ1v) is 9.99. The number of benzene rings is 1. The number of amides is 2. The molecule has 2 amide bonds. The highest BCUT2D eigenvalue weighted by atomic mass is 19.1. The minimum atomic E-state index is -0.880. The van der Waals surface area contributed by atoms with Gasteiger partial charge in [-0.2, -0.15) is 5.10 Å². The number of halogens is 2. The van der Waals surface area contributed by atoms with E-state index in [4.69, 9.17) is 5.73 Å². The van der Waals surface area contributed by atoms with Crippen molar-refractivity contribution in [1.82, 2.24) is 24.2 Å². The molecule has 8 nitrogen and oxygen atoms in total. The predicted octanol–water partition coefficient (Wildman–Crippen LogP) is 1.99. The van der Waals surface area contributed by atoms with Crippen molar-refractivity contribution in [2.75, 3.05) is 13.1 Å². The smallest absolute Gasteiger partial charge is 0.253 e. The molecule has 3 aromatic rings. The molecule has 0 bridgehead atoms. The fraction of sp³-hybridized carbons (Fsp3) is 0.273. The van der Waals surface area contributed by atoms with Gasteiger partial charge in [-0.05, 0) is 25.3 Å². The summed E-state index contributed by atoms with van der Waals surface area (Å²) in [6.45, 7) is 6.73. The first-order valence-electron chi connectivity index (χ1n) is 9.99. The van der Waals surface area contributed by atoms with Crippen LogP contribution >= 0.6 is 0 Å². The largest absolute Gasteiger partial charge is 0.365 e. The topological polar surface area (TPSA) is 99.0 Å². The van der Waals surface area contributed by atoms with Gasteiger partial charge in [0.1, 0.15) is 17.0 Å². The Hall–Kier alpha value is -4.00. The summed E-state index contributed by atoms with van der Waals surface area (Å²) in [6, 6.07) is 0.992. The molecule has 3 heterocycles. The summed E-state index contributed by atoms with van der Waals surface area (Å²) < 4.78 is 32.6. The van der Waals surface area contributed by atoms with Crippen molar-refractivity contribution in [1.29, 1.82) is 0 Å². The van der Waals surface area contributed by atoms with Crippen molar-refractivity contribution in [2.24, 2.45) is 5.73 Å². The number of imidazole rings is 1. The lowest BCUT2D eigenvalue weighted by Crippen LogP contribution is -2.27. The Morgan fingerprint density at radius 3 is 2.84 bits per heavy atom. The summed E-state index contributed by atoms with van der Waals surface area (Å²) >= 11 is 0. The number of aryl methyl sites for hydroxylation is 1. The zero-order chi connectivity index (χ0) is 23.0. The number of hydrogen-bond acceptors (Lipinski definition) is 4. The van der Waals surface area contributed by atoms with E-state index < -0.39 is 23.1 Å². The van der Waals surface area contributed by atoms with Crippen LogP contribution in [0.3, 0.4) is 0 Å². The number of aromatic nitrogens is 4. The van der Waals surface area contributed by atoms with Crippen molar-refractivity contribution in [2.45, 2.75) is 25.9 Å². The molecule has 0 saturated carbocycles. The maximum absolute atomic E-state index is 14.9. The molecule has 1 saturated heterocycles. The van der Waals surface area contributed by atoms with Crippen LogP contribution in [0.1, 0.15) is 41.0 Å². The molecule has 0 spiro atoms. The lowest BCUT2D eigenvalue weighted by atomic mass is 10.1. The van der Waals surface area contributed by atoms with Gasteiger partial charge in [0.2, 0.25) is 5.91 Å². The number of fused-ring (bicyclic) bond motifs is 1.